The Morgan fingerprint density at radius 1 is 1.15 bits per heavy atom. The summed E-state index contributed by atoms with van der Waals surface area (Å²) in [5.41, 5.74) is 1.06. The number of likely N-dealkylation sites (N-methyl/N-ethyl adjacent to an activating group) is 1. The topological polar surface area (TPSA) is 39.9 Å². The third kappa shape index (κ3) is 3.26. The first-order chi connectivity index (χ1) is 12.6. The molecule has 140 valence electrons. The first kappa shape index (κ1) is 17.6. The minimum absolute atomic E-state index is 0.101. The van der Waals surface area contributed by atoms with Crippen LogP contribution in [0.2, 0.25) is 0 Å². The highest BCUT2D eigenvalue weighted by atomic mass is 16.3. The highest BCUT2D eigenvalue weighted by Crippen LogP contribution is 2.33. The average molecular weight is 355 g/mol. The molecule has 0 aliphatic carbocycles. The molecular formula is C21H29N3O2. The zero-order chi connectivity index (χ0) is 18.1. The van der Waals surface area contributed by atoms with Gasteiger partial charge in [-0.05, 0) is 38.9 Å². The van der Waals surface area contributed by atoms with Crippen molar-refractivity contribution in [2.24, 2.45) is 0 Å². The summed E-state index contributed by atoms with van der Waals surface area (Å²) in [6, 6.07) is 10.4. The van der Waals surface area contributed by atoms with E-state index in [1.165, 1.54) is 5.39 Å². The Morgan fingerprint density at radius 3 is 2.81 bits per heavy atom. The van der Waals surface area contributed by atoms with Crippen molar-refractivity contribution in [2.45, 2.75) is 38.3 Å². The summed E-state index contributed by atoms with van der Waals surface area (Å²) < 4.78 is 6.03. The molecule has 2 aromatic rings. The third-order valence-corrected chi connectivity index (χ3v) is 6.32. The van der Waals surface area contributed by atoms with Crippen LogP contribution in [0.1, 0.15) is 31.9 Å². The summed E-state index contributed by atoms with van der Waals surface area (Å²) >= 11 is 0. The van der Waals surface area contributed by atoms with Gasteiger partial charge in [0.25, 0.3) is 0 Å². The standard InChI is InChI=1S/C21H29N3O2/c1-3-24-11-10-21(9-8-20(24)25)16-23(13-12-22(21)2)15-18-14-17-6-4-5-7-19(17)26-18/h4-7,14H,3,8-13,15-16H2,1-2H3. The van der Waals surface area contributed by atoms with Gasteiger partial charge in [0.15, 0.2) is 0 Å². The van der Waals surface area contributed by atoms with Gasteiger partial charge < -0.3 is 9.32 Å². The Labute approximate surface area is 155 Å². The number of carbonyl (C=O) groups is 1. The molecule has 1 aromatic carbocycles. The van der Waals surface area contributed by atoms with Gasteiger partial charge in [-0.15, -0.1) is 0 Å². The summed E-state index contributed by atoms with van der Waals surface area (Å²) in [5, 5.41) is 1.17. The van der Waals surface area contributed by atoms with Crippen LogP contribution in [0, 0.1) is 0 Å². The van der Waals surface area contributed by atoms with Gasteiger partial charge in [0, 0.05) is 50.1 Å². The predicted molar refractivity (Wildman–Crippen MR) is 103 cm³/mol. The molecule has 1 atom stereocenters. The van der Waals surface area contributed by atoms with E-state index in [4.69, 9.17) is 4.42 Å². The maximum absolute atomic E-state index is 12.3. The number of fused-ring (bicyclic) bond motifs is 1. The van der Waals surface area contributed by atoms with Crippen molar-refractivity contribution in [3.05, 3.63) is 36.1 Å². The van der Waals surface area contributed by atoms with Gasteiger partial charge in [0.05, 0.1) is 6.54 Å². The first-order valence-electron chi connectivity index (χ1n) is 9.78. The number of piperazine rings is 1. The number of benzene rings is 1. The third-order valence-electron chi connectivity index (χ3n) is 6.32. The molecule has 0 radical (unpaired) electrons. The fourth-order valence-electron chi connectivity index (χ4n) is 4.58. The van der Waals surface area contributed by atoms with E-state index in [1.807, 2.05) is 17.0 Å². The second-order valence-electron chi connectivity index (χ2n) is 7.83. The molecule has 5 nitrogen and oxygen atoms in total. The van der Waals surface area contributed by atoms with Crippen LogP contribution in [-0.4, -0.2) is 65.9 Å². The first-order valence-corrected chi connectivity index (χ1v) is 9.78. The summed E-state index contributed by atoms with van der Waals surface area (Å²) in [4.78, 5) is 19.3. The predicted octanol–water partition coefficient (Wildman–Crippen LogP) is 2.95. The van der Waals surface area contributed by atoms with E-state index in [2.05, 4.69) is 42.0 Å². The molecule has 3 heterocycles. The van der Waals surface area contributed by atoms with Crippen LogP contribution in [-0.2, 0) is 11.3 Å². The lowest BCUT2D eigenvalue weighted by atomic mass is 9.86. The molecule has 1 aromatic heterocycles. The number of amides is 1. The van der Waals surface area contributed by atoms with E-state index in [9.17, 15) is 4.79 Å². The molecule has 4 rings (SSSR count). The Bertz CT molecular complexity index is 753. The molecule has 0 bridgehead atoms. The van der Waals surface area contributed by atoms with Crippen molar-refractivity contribution in [1.29, 1.82) is 0 Å². The SMILES string of the molecule is CCN1CCC2(CCC1=O)CN(Cc1cc3ccccc3o1)CCN2C. The van der Waals surface area contributed by atoms with Crippen LogP contribution in [0.3, 0.4) is 0 Å². The van der Waals surface area contributed by atoms with Gasteiger partial charge >= 0.3 is 0 Å². The smallest absolute Gasteiger partial charge is 0.222 e. The fraction of sp³-hybridized carbons (Fsp3) is 0.571. The van der Waals surface area contributed by atoms with Crippen LogP contribution in [0.5, 0.6) is 0 Å². The average Bonchev–Trinajstić information content (AvgIpc) is 2.98. The van der Waals surface area contributed by atoms with E-state index in [1.54, 1.807) is 0 Å². The van der Waals surface area contributed by atoms with Gasteiger partial charge in [-0.2, -0.15) is 0 Å². The van der Waals surface area contributed by atoms with Crippen LogP contribution >= 0.6 is 0 Å². The van der Waals surface area contributed by atoms with Gasteiger partial charge in [-0.25, -0.2) is 0 Å². The Morgan fingerprint density at radius 2 is 2.00 bits per heavy atom. The Balaban J connectivity index is 1.50. The second-order valence-corrected chi connectivity index (χ2v) is 7.83. The molecule has 0 saturated carbocycles. The number of nitrogens with zero attached hydrogens (tertiary/aromatic N) is 3. The van der Waals surface area contributed by atoms with Crippen molar-refractivity contribution in [3.63, 3.8) is 0 Å². The number of rotatable bonds is 3. The zero-order valence-corrected chi connectivity index (χ0v) is 15.9. The maximum atomic E-state index is 12.3. The van der Waals surface area contributed by atoms with Gasteiger partial charge in [-0.1, -0.05) is 18.2 Å². The van der Waals surface area contributed by atoms with Crippen LogP contribution in [0.15, 0.2) is 34.7 Å². The van der Waals surface area contributed by atoms with Crippen molar-refractivity contribution >= 4 is 16.9 Å². The van der Waals surface area contributed by atoms with Crippen molar-refractivity contribution in [3.8, 4) is 0 Å². The summed E-state index contributed by atoms with van der Waals surface area (Å²) in [6.45, 7) is 7.70. The van der Waals surface area contributed by atoms with E-state index >= 15 is 0 Å². The number of para-hydroxylation sites is 1. The number of carbonyl (C=O) groups excluding carboxylic acids is 1. The van der Waals surface area contributed by atoms with Gasteiger partial charge in [0.1, 0.15) is 11.3 Å². The monoisotopic (exact) mass is 355 g/mol. The summed E-state index contributed by atoms with van der Waals surface area (Å²) in [5.74, 6) is 1.35. The van der Waals surface area contributed by atoms with Crippen molar-refractivity contribution < 1.29 is 9.21 Å². The molecule has 2 saturated heterocycles. The molecule has 0 N–H and O–H groups in total. The number of hydrogen-bond donors (Lipinski definition) is 0. The van der Waals surface area contributed by atoms with E-state index in [-0.39, 0.29) is 5.54 Å². The quantitative estimate of drug-likeness (QED) is 0.849. The van der Waals surface area contributed by atoms with Crippen LogP contribution in [0.4, 0.5) is 0 Å². The fourth-order valence-corrected chi connectivity index (χ4v) is 4.58. The highest BCUT2D eigenvalue weighted by Gasteiger charge is 2.42. The molecule has 2 aliphatic rings. The highest BCUT2D eigenvalue weighted by molar-refractivity contribution is 5.77. The van der Waals surface area contributed by atoms with E-state index in [0.717, 1.165) is 63.5 Å². The van der Waals surface area contributed by atoms with Crippen LogP contribution < -0.4 is 0 Å². The second kappa shape index (κ2) is 7.05. The molecule has 1 spiro atoms. The minimum atomic E-state index is 0.101. The normalized spacial score (nSPS) is 25.9. The summed E-state index contributed by atoms with van der Waals surface area (Å²) in [7, 11) is 2.23. The van der Waals surface area contributed by atoms with Crippen molar-refractivity contribution in [1.82, 2.24) is 14.7 Å². The lowest BCUT2D eigenvalue weighted by molar-refractivity contribution is -0.130. The Hall–Kier alpha value is -1.85. The Kier molecular flexibility index (Phi) is 4.76. The number of hydrogen-bond acceptors (Lipinski definition) is 4. The van der Waals surface area contributed by atoms with Crippen LogP contribution in [0.25, 0.3) is 11.0 Å². The molecule has 2 aliphatic heterocycles. The molecule has 2 fully saturated rings. The summed E-state index contributed by atoms with van der Waals surface area (Å²) in [6.07, 6.45) is 2.67. The maximum Gasteiger partial charge on any atom is 0.222 e. The zero-order valence-electron chi connectivity index (χ0n) is 15.9. The number of likely N-dealkylation sites (tertiary alicyclic amines) is 1. The van der Waals surface area contributed by atoms with Gasteiger partial charge in [-0.3, -0.25) is 14.6 Å². The molecule has 26 heavy (non-hydrogen) atoms. The number of furan rings is 1. The molecule has 5 heteroatoms. The van der Waals surface area contributed by atoms with Gasteiger partial charge in [0.2, 0.25) is 5.91 Å². The molecule has 1 amide bonds. The lowest BCUT2D eigenvalue weighted by Gasteiger charge is -2.49. The van der Waals surface area contributed by atoms with Crippen molar-refractivity contribution in [2.75, 3.05) is 39.8 Å². The largest absolute Gasteiger partial charge is 0.460 e. The lowest BCUT2D eigenvalue weighted by Crippen LogP contribution is -2.60. The molecular weight excluding hydrogens is 326 g/mol. The molecule has 1 unspecified atom stereocenters. The van der Waals surface area contributed by atoms with E-state index < -0.39 is 0 Å². The minimum Gasteiger partial charge on any atom is -0.460 e. The van der Waals surface area contributed by atoms with E-state index in [0.29, 0.717) is 12.3 Å².